The fraction of sp³-hybridized carbons (Fsp3) is 0.667. The van der Waals surface area contributed by atoms with E-state index in [9.17, 15) is 19.5 Å². The van der Waals surface area contributed by atoms with Gasteiger partial charge in [-0.3, -0.25) is 9.59 Å². The Morgan fingerprint density at radius 3 is 2.14 bits per heavy atom. The first kappa shape index (κ1) is 30.3. The first-order valence-corrected chi connectivity index (χ1v) is 12.6. The number of nitrogens with one attached hydrogen (secondary N) is 2. The standard InChI is InChI=1S/C27H45N3O5/c1-8-9-10-11-12-15-18-30(22(32)19-28-25(34)35-27(5,6)7)23(24(33)29-26(2,3)4)20-16-13-14-17-21(20)31/h13-14,16-17,23,31H,8-12,15,18-19H2,1-7H3,(H,28,34)(H,29,33). The van der Waals surface area contributed by atoms with E-state index >= 15 is 0 Å². The largest absolute Gasteiger partial charge is 0.508 e. The first-order chi connectivity index (χ1) is 16.2. The van der Waals surface area contributed by atoms with Gasteiger partial charge in [0.2, 0.25) is 11.8 Å². The lowest BCUT2D eigenvalue weighted by atomic mass is 10.00. The van der Waals surface area contributed by atoms with Crippen LogP contribution in [0.4, 0.5) is 4.79 Å². The van der Waals surface area contributed by atoms with Gasteiger partial charge in [0, 0.05) is 17.6 Å². The topological polar surface area (TPSA) is 108 Å². The van der Waals surface area contributed by atoms with Crippen LogP contribution in [0.2, 0.25) is 0 Å². The number of hydrogen-bond donors (Lipinski definition) is 3. The smallest absolute Gasteiger partial charge is 0.408 e. The van der Waals surface area contributed by atoms with Gasteiger partial charge in [-0.15, -0.1) is 0 Å². The third-order valence-corrected chi connectivity index (χ3v) is 5.15. The highest BCUT2D eigenvalue weighted by Gasteiger charge is 2.34. The molecule has 1 unspecified atom stereocenters. The lowest BCUT2D eigenvalue weighted by Gasteiger charge is -2.34. The van der Waals surface area contributed by atoms with E-state index in [0.717, 1.165) is 32.1 Å². The Morgan fingerprint density at radius 2 is 1.57 bits per heavy atom. The molecule has 0 radical (unpaired) electrons. The number of benzene rings is 1. The predicted molar refractivity (Wildman–Crippen MR) is 138 cm³/mol. The minimum absolute atomic E-state index is 0.0672. The highest BCUT2D eigenvalue weighted by molar-refractivity contribution is 5.91. The van der Waals surface area contributed by atoms with E-state index in [1.54, 1.807) is 39.0 Å². The lowest BCUT2D eigenvalue weighted by molar-refractivity contribution is -0.141. The van der Waals surface area contributed by atoms with Crippen LogP contribution in [0.3, 0.4) is 0 Å². The van der Waals surface area contributed by atoms with Crippen molar-refractivity contribution in [1.82, 2.24) is 15.5 Å². The van der Waals surface area contributed by atoms with Crippen LogP contribution >= 0.6 is 0 Å². The summed E-state index contributed by atoms with van der Waals surface area (Å²) < 4.78 is 5.24. The second-order valence-electron chi connectivity index (χ2n) is 10.9. The molecule has 3 N–H and O–H groups in total. The van der Waals surface area contributed by atoms with Crippen LogP contribution in [0.5, 0.6) is 5.75 Å². The fourth-order valence-corrected chi connectivity index (χ4v) is 3.63. The number of ether oxygens (including phenoxy) is 1. The molecule has 0 aliphatic rings. The van der Waals surface area contributed by atoms with Crippen LogP contribution in [-0.2, 0) is 14.3 Å². The third-order valence-electron chi connectivity index (χ3n) is 5.15. The number of phenols is 1. The average Bonchev–Trinajstić information content (AvgIpc) is 2.72. The van der Waals surface area contributed by atoms with Crippen molar-refractivity contribution in [2.75, 3.05) is 13.1 Å². The molecule has 1 aromatic carbocycles. The Labute approximate surface area is 210 Å². The number of amides is 3. The van der Waals surface area contributed by atoms with Crippen LogP contribution in [-0.4, -0.2) is 52.1 Å². The molecule has 0 aliphatic heterocycles. The van der Waals surface area contributed by atoms with Crippen molar-refractivity contribution in [3.05, 3.63) is 29.8 Å². The molecule has 0 aromatic heterocycles. The average molecular weight is 492 g/mol. The third kappa shape index (κ3) is 12.0. The van der Waals surface area contributed by atoms with Crippen molar-refractivity contribution in [1.29, 1.82) is 0 Å². The summed E-state index contributed by atoms with van der Waals surface area (Å²) in [5.41, 5.74) is -0.898. The second kappa shape index (κ2) is 14.0. The van der Waals surface area contributed by atoms with Gasteiger partial charge >= 0.3 is 6.09 Å². The number of rotatable bonds is 12. The number of unbranched alkanes of at least 4 members (excludes halogenated alkanes) is 5. The number of phenolic OH excluding ortho intramolecular Hbond substituents is 1. The van der Waals surface area contributed by atoms with E-state index in [4.69, 9.17) is 4.74 Å². The van der Waals surface area contributed by atoms with E-state index in [1.807, 2.05) is 20.8 Å². The summed E-state index contributed by atoms with van der Waals surface area (Å²) in [6, 6.07) is 5.49. The zero-order valence-corrected chi connectivity index (χ0v) is 22.6. The molecule has 1 rings (SSSR count). The minimum atomic E-state index is -1.04. The maximum Gasteiger partial charge on any atom is 0.408 e. The summed E-state index contributed by atoms with van der Waals surface area (Å²) in [6.45, 7) is 12.9. The second-order valence-corrected chi connectivity index (χ2v) is 10.9. The maximum atomic E-state index is 13.4. The molecule has 198 valence electrons. The van der Waals surface area contributed by atoms with Gasteiger partial charge in [-0.1, -0.05) is 57.2 Å². The van der Waals surface area contributed by atoms with Crippen LogP contribution in [0.1, 0.15) is 98.6 Å². The molecule has 1 atom stereocenters. The Balaban J connectivity index is 3.19. The summed E-state index contributed by atoms with van der Waals surface area (Å²) in [5.74, 6) is -0.889. The van der Waals surface area contributed by atoms with Crippen molar-refractivity contribution in [3.8, 4) is 5.75 Å². The highest BCUT2D eigenvalue weighted by atomic mass is 16.6. The van der Waals surface area contributed by atoms with E-state index in [-0.39, 0.29) is 12.3 Å². The van der Waals surface area contributed by atoms with Crippen molar-refractivity contribution in [2.45, 2.75) is 104 Å². The van der Waals surface area contributed by atoms with Gasteiger partial charge in [0.05, 0.1) is 0 Å². The molecule has 0 saturated carbocycles. The van der Waals surface area contributed by atoms with Crippen LogP contribution in [0.25, 0.3) is 0 Å². The van der Waals surface area contributed by atoms with Crippen molar-refractivity contribution >= 4 is 17.9 Å². The molecular weight excluding hydrogens is 446 g/mol. The Bertz CT molecular complexity index is 827. The normalized spacial score (nSPS) is 12.5. The summed E-state index contributed by atoms with van der Waals surface area (Å²) in [5, 5.41) is 16.0. The van der Waals surface area contributed by atoms with Gasteiger partial charge in [-0.25, -0.2) is 4.79 Å². The zero-order valence-electron chi connectivity index (χ0n) is 22.6. The van der Waals surface area contributed by atoms with Gasteiger partial charge in [0.15, 0.2) is 0 Å². The van der Waals surface area contributed by atoms with Gasteiger partial charge in [0.1, 0.15) is 23.9 Å². The molecule has 35 heavy (non-hydrogen) atoms. The summed E-state index contributed by atoms with van der Waals surface area (Å²) in [7, 11) is 0. The Kier molecular flexibility index (Phi) is 12.1. The van der Waals surface area contributed by atoms with Crippen LogP contribution in [0, 0.1) is 0 Å². The molecular formula is C27H45N3O5. The molecule has 0 aliphatic carbocycles. The fourth-order valence-electron chi connectivity index (χ4n) is 3.63. The van der Waals surface area contributed by atoms with Crippen molar-refractivity contribution in [3.63, 3.8) is 0 Å². The molecule has 0 spiro atoms. The summed E-state index contributed by atoms with van der Waals surface area (Å²) in [6.07, 6.45) is 5.38. The van der Waals surface area contributed by atoms with E-state index in [1.165, 1.54) is 11.0 Å². The number of alkyl carbamates (subject to hydrolysis) is 1. The van der Waals surface area contributed by atoms with E-state index < -0.39 is 35.1 Å². The zero-order chi connectivity index (χ0) is 26.6. The molecule has 0 saturated heterocycles. The van der Waals surface area contributed by atoms with Crippen LogP contribution in [0.15, 0.2) is 24.3 Å². The van der Waals surface area contributed by atoms with E-state index in [2.05, 4.69) is 17.6 Å². The van der Waals surface area contributed by atoms with Gasteiger partial charge in [-0.05, 0) is 54.0 Å². The van der Waals surface area contributed by atoms with Crippen molar-refractivity contribution in [2.24, 2.45) is 0 Å². The number of aromatic hydroxyl groups is 1. The SMILES string of the molecule is CCCCCCCCN(C(=O)CNC(=O)OC(C)(C)C)C(C(=O)NC(C)(C)C)c1ccccc1O. The molecule has 0 fully saturated rings. The lowest BCUT2D eigenvalue weighted by Crippen LogP contribution is -2.51. The number of carbonyl (C=O) groups is 3. The molecule has 0 bridgehead atoms. The molecule has 3 amide bonds. The van der Waals surface area contributed by atoms with E-state index in [0.29, 0.717) is 18.5 Å². The maximum absolute atomic E-state index is 13.4. The number of hydrogen-bond acceptors (Lipinski definition) is 5. The number of para-hydroxylation sites is 1. The van der Waals surface area contributed by atoms with Crippen LogP contribution < -0.4 is 10.6 Å². The quantitative estimate of drug-likeness (QED) is 0.354. The highest BCUT2D eigenvalue weighted by Crippen LogP contribution is 2.30. The monoisotopic (exact) mass is 491 g/mol. The molecule has 8 heteroatoms. The molecule has 8 nitrogen and oxygen atoms in total. The number of carbonyl (C=O) groups excluding carboxylic acids is 3. The summed E-state index contributed by atoms with van der Waals surface area (Å²) >= 11 is 0. The van der Waals surface area contributed by atoms with Gasteiger partial charge in [-0.2, -0.15) is 0 Å². The Hall–Kier alpha value is -2.77. The molecule has 0 heterocycles. The van der Waals surface area contributed by atoms with Gasteiger partial charge in [0.25, 0.3) is 0 Å². The van der Waals surface area contributed by atoms with Gasteiger partial charge < -0.3 is 25.4 Å². The predicted octanol–water partition coefficient (Wildman–Crippen LogP) is 5.06. The number of nitrogens with zero attached hydrogens (tertiary/aromatic N) is 1. The molecule has 1 aromatic rings. The minimum Gasteiger partial charge on any atom is -0.508 e. The Morgan fingerprint density at radius 1 is 0.971 bits per heavy atom. The van der Waals surface area contributed by atoms with Crippen molar-refractivity contribution < 1.29 is 24.2 Å². The summed E-state index contributed by atoms with van der Waals surface area (Å²) in [4.78, 5) is 40.4. The first-order valence-electron chi connectivity index (χ1n) is 12.6.